The van der Waals surface area contributed by atoms with E-state index in [-0.39, 0.29) is 18.4 Å². The summed E-state index contributed by atoms with van der Waals surface area (Å²) in [5.74, 6) is -0.182. The number of aryl methyl sites for hydroxylation is 1. The van der Waals surface area contributed by atoms with E-state index in [2.05, 4.69) is 10.6 Å². The standard InChI is InChI=1S/C20H24ClN3O2/c1-4-24(5-2)20(26)15-7-10-17(11-8-15)23-19(25)13-22-18-12-16(21)9-6-14(18)3/h6-12,22H,4-5,13H2,1-3H3,(H,23,25). The maximum atomic E-state index is 12.3. The minimum Gasteiger partial charge on any atom is -0.376 e. The number of hydrogen-bond donors (Lipinski definition) is 2. The normalized spacial score (nSPS) is 10.3. The minimum absolute atomic E-state index is 0.00836. The van der Waals surface area contributed by atoms with Gasteiger partial charge in [-0.05, 0) is 62.7 Å². The predicted octanol–water partition coefficient (Wildman–Crippen LogP) is 4.18. The smallest absolute Gasteiger partial charge is 0.253 e. The Morgan fingerprint density at radius 3 is 2.31 bits per heavy atom. The summed E-state index contributed by atoms with van der Waals surface area (Å²) in [5, 5.41) is 6.50. The Labute approximate surface area is 159 Å². The molecule has 0 unspecified atom stereocenters. The van der Waals surface area contributed by atoms with E-state index in [4.69, 9.17) is 11.6 Å². The molecule has 2 aromatic rings. The zero-order valence-corrected chi connectivity index (χ0v) is 16.1. The van der Waals surface area contributed by atoms with Crippen molar-refractivity contribution >= 4 is 34.8 Å². The summed E-state index contributed by atoms with van der Waals surface area (Å²) in [6, 6.07) is 12.4. The van der Waals surface area contributed by atoms with Gasteiger partial charge in [0.2, 0.25) is 5.91 Å². The van der Waals surface area contributed by atoms with E-state index in [0.717, 1.165) is 11.3 Å². The van der Waals surface area contributed by atoms with Gasteiger partial charge in [0.15, 0.2) is 0 Å². The van der Waals surface area contributed by atoms with Crippen molar-refractivity contribution in [2.75, 3.05) is 30.3 Å². The topological polar surface area (TPSA) is 61.4 Å². The Balaban J connectivity index is 1.93. The number of nitrogens with one attached hydrogen (secondary N) is 2. The molecule has 0 aromatic heterocycles. The number of carbonyl (C=O) groups excluding carboxylic acids is 2. The van der Waals surface area contributed by atoms with Gasteiger partial charge in [0.25, 0.3) is 5.91 Å². The second-order valence-electron chi connectivity index (χ2n) is 5.92. The lowest BCUT2D eigenvalue weighted by atomic mass is 10.1. The van der Waals surface area contributed by atoms with Crippen LogP contribution in [0.15, 0.2) is 42.5 Å². The first kappa shape index (κ1) is 19.8. The summed E-state index contributed by atoms with van der Waals surface area (Å²) >= 11 is 5.97. The molecule has 0 bridgehead atoms. The van der Waals surface area contributed by atoms with Gasteiger partial charge < -0.3 is 15.5 Å². The molecule has 0 fully saturated rings. The number of anilines is 2. The third kappa shape index (κ3) is 5.23. The molecule has 0 atom stereocenters. The Morgan fingerprint density at radius 1 is 1.04 bits per heavy atom. The molecule has 0 aliphatic carbocycles. The monoisotopic (exact) mass is 373 g/mol. The van der Waals surface area contributed by atoms with E-state index in [1.807, 2.05) is 32.9 Å². The molecule has 2 N–H and O–H groups in total. The largest absolute Gasteiger partial charge is 0.376 e. The Bertz CT molecular complexity index is 771. The van der Waals surface area contributed by atoms with Crippen LogP contribution >= 0.6 is 11.6 Å². The molecule has 5 nitrogen and oxygen atoms in total. The van der Waals surface area contributed by atoms with Crippen molar-refractivity contribution in [3.63, 3.8) is 0 Å². The summed E-state index contributed by atoms with van der Waals surface area (Å²) in [5.41, 5.74) is 3.10. The van der Waals surface area contributed by atoms with E-state index >= 15 is 0 Å². The second kappa shape index (κ2) is 9.25. The van der Waals surface area contributed by atoms with Gasteiger partial charge in [-0.1, -0.05) is 17.7 Å². The maximum Gasteiger partial charge on any atom is 0.253 e. The average molecular weight is 374 g/mol. The molecule has 0 saturated carbocycles. The Morgan fingerprint density at radius 2 is 1.69 bits per heavy atom. The number of carbonyl (C=O) groups is 2. The highest BCUT2D eigenvalue weighted by Crippen LogP contribution is 2.20. The number of halogens is 1. The quantitative estimate of drug-likeness (QED) is 0.765. The molecular weight excluding hydrogens is 350 g/mol. The summed E-state index contributed by atoms with van der Waals surface area (Å²) in [6.07, 6.45) is 0. The number of benzene rings is 2. The third-order valence-electron chi connectivity index (χ3n) is 4.11. The molecule has 0 saturated heterocycles. The van der Waals surface area contributed by atoms with Crippen LogP contribution in [0.2, 0.25) is 5.02 Å². The van der Waals surface area contributed by atoms with Gasteiger partial charge in [0, 0.05) is 35.1 Å². The fraction of sp³-hybridized carbons (Fsp3) is 0.300. The highest BCUT2D eigenvalue weighted by Gasteiger charge is 2.12. The molecule has 2 rings (SSSR count). The Hall–Kier alpha value is -2.53. The first-order valence-electron chi connectivity index (χ1n) is 8.63. The number of hydrogen-bond acceptors (Lipinski definition) is 3. The fourth-order valence-electron chi connectivity index (χ4n) is 2.55. The average Bonchev–Trinajstić information content (AvgIpc) is 2.64. The molecule has 0 spiro atoms. The first-order chi connectivity index (χ1) is 12.4. The van der Waals surface area contributed by atoms with Crippen LogP contribution in [-0.2, 0) is 4.79 Å². The van der Waals surface area contributed by atoms with Crippen LogP contribution in [0.4, 0.5) is 11.4 Å². The lowest BCUT2D eigenvalue weighted by Crippen LogP contribution is -2.30. The van der Waals surface area contributed by atoms with Crippen molar-refractivity contribution in [3.8, 4) is 0 Å². The lowest BCUT2D eigenvalue weighted by Gasteiger charge is -2.18. The molecule has 0 aliphatic rings. The maximum absolute atomic E-state index is 12.3. The Kier molecular flexibility index (Phi) is 7.04. The predicted molar refractivity (Wildman–Crippen MR) is 107 cm³/mol. The third-order valence-corrected chi connectivity index (χ3v) is 4.34. The molecule has 6 heteroatoms. The van der Waals surface area contributed by atoms with Gasteiger partial charge >= 0.3 is 0 Å². The van der Waals surface area contributed by atoms with Crippen molar-refractivity contribution in [1.29, 1.82) is 0 Å². The summed E-state index contributed by atoms with van der Waals surface area (Å²) in [4.78, 5) is 26.2. The zero-order chi connectivity index (χ0) is 19.1. The first-order valence-corrected chi connectivity index (χ1v) is 9.01. The fourth-order valence-corrected chi connectivity index (χ4v) is 2.73. The van der Waals surface area contributed by atoms with Crippen molar-refractivity contribution in [3.05, 3.63) is 58.6 Å². The zero-order valence-electron chi connectivity index (χ0n) is 15.3. The highest BCUT2D eigenvalue weighted by atomic mass is 35.5. The van der Waals surface area contributed by atoms with Gasteiger partial charge in [0.05, 0.1) is 6.54 Å². The molecule has 0 aliphatic heterocycles. The van der Waals surface area contributed by atoms with Crippen LogP contribution in [0.1, 0.15) is 29.8 Å². The van der Waals surface area contributed by atoms with Gasteiger partial charge in [-0.25, -0.2) is 0 Å². The van der Waals surface area contributed by atoms with Gasteiger partial charge in [-0.3, -0.25) is 9.59 Å². The molecule has 26 heavy (non-hydrogen) atoms. The van der Waals surface area contributed by atoms with Crippen molar-refractivity contribution in [2.45, 2.75) is 20.8 Å². The molecule has 0 heterocycles. The number of rotatable bonds is 7. The summed E-state index contributed by atoms with van der Waals surface area (Å²) < 4.78 is 0. The van der Waals surface area contributed by atoms with Gasteiger partial charge in [0.1, 0.15) is 0 Å². The van der Waals surface area contributed by atoms with Crippen LogP contribution < -0.4 is 10.6 Å². The number of nitrogens with zero attached hydrogens (tertiary/aromatic N) is 1. The van der Waals surface area contributed by atoms with Crippen LogP contribution in [0.25, 0.3) is 0 Å². The van der Waals surface area contributed by atoms with E-state index in [1.165, 1.54) is 0 Å². The molecule has 138 valence electrons. The van der Waals surface area contributed by atoms with Crippen molar-refractivity contribution in [2.24, 2.45) is 0 Å². The molecular formula is C20H24ClN3O2. The van der Waals surface area contributed by atoms with E-state index in [9.17, 15) is 9.59 Å². The van der Waals surface area contributed by atoms with Crippen molar-refractivity contribution < 1.29 is 9.59 Å². The van der Waals surface area contributed by atoms with E-state index in [0.29, 0.717) is 29.4 Å². The van der Waals surface area contributed by atoms with Gasteiger partial charge in [-0.2, -0.15) is 0 Å². The lowest BCUT2D eigenvalue weighted by molar-refractivity contribution is -0.114. The minimum atomic E-state index is -0.174. The van der Waals surface area contributed by atoms with E-state index in [1.54, 1.807) is 35.2 Å². The van der Waals surface area contributed by atoms with Gasteiger partial charge in [-0.15, -0.1) is 0 Å². The molecule has 2 aromatic carbocycles. The van der Waals surface area contributed by atoms with Crippen LogP contribution in [0.5, 0.6) is 0 Å². The van der Waals surface area contributed by atoms with E-state index < -0.39 is 0 Å². The summed E-state index contributed by atoms with van der Waals surface area (Å²) in [7, 11) is 0. The SMILES string of the molecule is CCN(CC)C(=O)c1ccc(NC(=O)CNc2cc(Cl)ccc2C)cc1. The summed E-state index contributed by atoms with van der Waals surface area (Å²) in [6.45, 7) is 7.31. The van der Waals surface area contributed by atoms with Crippen molar-refractivity contribution in [1.82, 2.24) is 4.90 Å². The van der Waals surface area contributed by atoms with Crippen LogP contribution in [-0.4, -0.2) is 36.3 Å². The number of amides is 2. The molecule has 0 radical (unpaired) electrons. The van der Waals surface area contributed by atoms with Crippen LogP contribution in [0.3, 0.4) is 0 Å². The highest BCUT2D eigenvalue weighted by molar-refractivity contribution is 6.30. The van der Waals surface area contributed by atoms with Crippen LogP contribution in [0, 0.1) is 6.92 Å². The second-order valence-corrected chi connectivity index (χ2v) is 6.35. The molecule has 2 amide bonds.